The highest BCUT2D eigenvalue weighted by atomic mass is 35.5. The predicted molar refractivity (Wildman–Crippen MR) is 108 cm³/mol. The third-order valence-electron chi connectivity index (χ3n) is 4.21. The van der Waals surface area contributed by atoms with Gasteiger partial charge in [-0.25, -0.2) is 4.98 Å². The normalized spacial score (nSPS) is 13.5. The highest BCUT2D eigenvalue weighted by molar-refractivity contribution is 5.88. The zero-order chi connectivity index (χ0) is 19.4. The molecule has 0 bridgehead atoms. The first-order valence-electron chi connectivity index (χ1n) is 9.03. The van der Waals surface area contributed by atoms with E-state index in [1.165, 1.54) is 6.07 Å². The average molecular weight is 397 g/mol. The van der Waals surface area contributed by atoms with Crippen LogP contribution in [0.4, 0.5) is 0 Å². The van der Waals surface area contributed by atoms with Crippen LogP contribution in [0.2, 0.25) is 0 Å². The Morgan fingerprint density at radius 1 is 1.19 bits per heavy atom. The number of ether oxygens (including phenoxy) is 1. The fourth-order valence-corrected chi connectivity index (χ4v) is 2.82. The molecule has 0 spiro atoms. The van der Waals surface area contributed by atoms with Crippen molar-refractivity contribution in [1.82, 2.24) is 10.3 Å². The molecule has 0 radical (unpaired) electrons. The summed E-state index contributed by atoms with van der Waals surface area (Å²) in [6, 6.07) is 6.61. The first-order valence-corrected chi connectivity index (χ1v) is 9.03. The van der Waals surface area contributed by atoms with Crippen LogP contribution >= 0.6 is 12.4 Å². The number of nitrogens with zero attached hydrogens (tertiary/aromatic N) is 1. The van der Waals surface area contributed by atoms with Crippen LogP contribution in [-0.4, -0.2) is 33.3 Å². The van der Waals surface area contributed by atoms with Crippen molar-refractivity contribution in [1.29, 1.82) is 0 Å². The molecule has 6 nitrogen and oxygen atoms in total. The van der Waals surface area contributed by atoms with Gasteiger partial charge in [-0.2, -0.15) is 0 Å². The number of aliphatic hydroxyl groups excluding tert-OH is 1. The predicted octanol–water partition coefficient (Wildman–Crippen LogP) is 3.73. The number of aliphatic hydroxyl groups is 1. The largest absolute Gasteiger partial charge is 0.506 e. The van der Waals surface area contributed by atoms with Crippen molar-refractivity contribution in [3.8, 4) is 11.6 Å². The van der Waals surface area contributed by atoms with Crippen LogP contribution in [0.25, 0.3) is 10.9 Å². The number of aromatic nitrogens is 1. The average Bonchev–Trinajstić information content (AvgIpc) is 2.59. The van der Waals surface area contributed by atoms with Gasteiger partial charge >= 0.3 is 5.97 Å². The van der Waals surface area contributed by atoms with Crippen molar-refractivity contribution in [3.05, 3.63) is 29.8 Å². The summed E-state index contributed by atoms with van der Waals surface area (Å²) < 4.78 is 5.22. The van der Waals surface area contributed by atoms with Crippen molar-refractivity contribution < 1.29 is 19.7 Å². The fraction of sp³-hybridized carbons (Fsp3) is 0.500. The van der Waals surface area contributed by atoms with E-state index < -0.39 is 6.10 Å². The molecular formula is C20H29ClN2O4. The van der Waals surface area contributed by atoms with E-state index in [0.717, 1.165) is 6.42 Å². The topological polar surface area (TPSA) is 91.7 Å². The molecule has 0 saturated heterocycles. The van der Waals surface area contributed by atoms with Gasteiger partial charge in [-0.3, -0.25) is 4.79 Å². The third-order valence-corrected chi connectivity index (χ3v) is 4.21. The number of phenolic OH excluding ortho intramolecular Hbond substituents is 1. The Morgan fingerprint density at radius 3 is 2.41 bits per heavy atom. The number of carbonyl (C=O) groups is 1. The van der Waals surface area contributed by atoms with Crippen LogP contribution in [0.5, 0.6) is 11.6 Å². The Kier molecular flexibility index (Phi) is 8.47. The van der Waals surface area contributed by atoms with Crippen molar-refractivity contribution in [3.63, 3.8) is 0 Å². The van der Waals surface area contributed by atoms with Crippen LogP contribution in [0.3, 0.4) is 0 Å². The molecule has 27 heavy (non-hydrogen) atoms. The molecule has 2 unspecified atom stereocenters. The number of esters is 1. The lowest BCUT2D eigenvalue weighted by atomic mass is 9.95. The number of nitrogens with one attached hydrogen (secondary N) is 1. The number of carbonyl (C=O) groups excluding carboxylic acids is 1. The Bertz CT molecular complexity index is 780. The van der Waals surface area contributed by atoms with Gasteiger partial charge in [-0.05, 0) is 24.1 Å². The molecule has 2 rings (SSSR count). The highest BCUT2D eigenvalue weighted by Gasteiger charge is 2.23. The van der Waals surface area contributed by atoms with E-state index in [2.05, 4.69) is 10.3 Å². The number of benzene rings is 1. The monoisotopic (exact) mass is 396 g/mol. The van der Waals surface area contributed by atoms with Gasteiger partial charge in [-0.15, -0.1) is 12.4 Å². The summed E-state index contributed by atoms with van der Waals surface area (Å²) in [5.41, 5.74) is 0.974. The summed E-state index contributed by atoms with van der Waals surface area (Å²) in [6.45, 7) is 9.54. The summed E-state index contributed by atoms with van der Waals surface area (Å²) in [7, 11) is 0. The maximum Gasteiger partial charge on any atom is 0.315 e. The smallest absolute Gasteiger partial charge is 0.315 e. The Hall–Kier alpha value is -1.89. The molecule has 2 atom stereocenters. The minimum absolute atomic E-state index is 0. The van der Waals surface area contributed by atoms with Crippen molar-refractivity contribution in [2.24, 2.45) is 5.92 Å². The Labute approximate surface area is 166 Å². The lowest BCUT2D eigenvalue weighted by molar-refractivity contribution is -0.138. The van der Waals surface area contributed by atoms with E-state index >= 15 is 0 Å². The maximum atomic E-state index is 11.8. The minimum Gasteiger partial charge on any atom is -0.506 e. The van der Waals surface area contributed by atoms with Gasteiger partial charge in [0.25, 0.3) is 0 Å². The van der Waals surface area contributed by atoms with Gasteiger partial charge < -0.3 is 20.3 Å². The molecule has 150 valence electrons. The van der Waals surface area contributed by atoms with E-state index in [1.807, 2.05) is 20.8 Å². The zero-order valence-corrected chi connectivity index (χ0v) is 17.2. The summed E-state index contributed by atoms with van der Waals surface area (Å²) in [4.78, 5) is 16.0. The standard InChI is InChI=1S/C20H28N2O4.ClH/c1-6-15(21-12(4)5)19(24)14-7-9-16(23)18-13(14)8-10-17(22-18)26-20(25)11(2)3;/h7-12,15,19,21,23-24H,6H2,1-5H3;1H. The zero-order valence-electron chi connectivity index (χ0n) is 16.4. The molecule has 0 aliphatic carbocycles. The molecular weight excluding hydrogens is 368 g/mol. The summed E-state index contributed by atoms with van der Waals surface area (Å²) >= 11 is 0. The molecule has 0 aliphatic rings. The summed E-state index contributed by atoms with van der Waals surface area (Å²) in [5.74, 6) is -0.560. The number of phenols is 1. The molecule has 0 saturated carbocycles. The Morgan fingerprint density at radius 2 is 1.85 bits per heavy atom. The molecule has 3 N–H and O–H groups in total. The molecule has 1 aromatic heterocycles. The lowest BCUT2D eigenvalue weighted by Crippen LogP contribution is -2.38. The number of pyridine rings is 1. The first kappa shape index (κ1) is 23.1. The van der Waals surface area contributed by atoms with E-state index in [-0.39, 0.29) is 48.0 Å². The second-order valence-corrected chi connectivity index (χ2v) is 7.08. The van der Waals surface area contributed by atoms with E-state index in [9.17, 15) is 15.0 Å². The van der Waals surface area contributed by atoms with Gasteiger partial charge in [0.2, 0.25) is 5.88 Å². The molecule has 7 heteroatoms. The summed E-state index contributed by atoms with van der Waals surface area (Å²) in [6.07, 6.45) is -0.00413. The lowest BCUT2D eigenvalue weighted by Gasteiger charge is -2.26. The minimum atomic E-state index is -0.753. The molecule has 2 aromatic rings. The third kappa shape index (κ3) is 5.54. The number of hydrogen-bond donors (Lipinski definition) is 3. The van der Waals surface area contributed by atoms with Crippen LogP contribution in [0.1, 0.15) is 52.7 Å². The number of halogens is 1. The highest BCUT2D eigenvalue weighted by Crippen LogP contribution is 2.33. The molecule has 0 aliphatic heterocycles. The van der Waals surface area contributed by atoms with Crippen LogP contribution in [-0.2, 0) is 4.79 Å². The SMILES string of the molecule is CCC(NC(C)C)C(O)c1ccc(O)c2nc(OC(=O)C(C)C)ccc12.Cl. The van der Waals surface area contributed by atoms with Crippen molar-refractivity contribution >= 4 is 29.3 Å². The van der Waals surface area contributed by atoms with Crippen LogP contribution in [0, 0.1) is 5.92 Å². The van der Waals surface area contributed by atoms with Gasteiger partial charge in [0.1, 0.15) is 11.3 Å². The van der Waals surface area contributed by atoms with E-state index in [1.54, 1.807) is 32.0 Å². The van der Waals surface area contributed by atoms with Gasteiger partial charge in [-0.1, -0.05) is 40.7 Å². The van der Waals surface area contributed by atoms with E-state index in [0.29, 0.717) is 16.5 Å². The van der Waals surface area contributed by atoms with Crippen LogP contribution < -0.4 is 10.1 Å². The maximum absolute atomic E-state index is 11.8. The second-order valence-electron chi connectivity index (χ2n) is 7.08. The number of hydrogen-bond acceptors (Lipinski definition) is 6. The van der Waals surface area contributed by atoms with E-state index in [4.69, 9.17) is 4.74 Å². The quantitative estimate of drug-likeness (QED) is 0.617. The Balaban J connectivity index is 0.00000364. The van der Waals surface area contributed by atoms with Gasteiger partial charge in [0.05, 0.1) is 12.0 Å². The molecule has 0 fully saturated rings. The van der Waals surface area contributed by atoms with Crippen molar-refractivity contribution in [2.45, 2.75) is 59.2 Å². The summed E-state index contributed by atoms with van der Waals surface area (Å²) in [5, 5.41) is 25.0. The first-order chi connectivity index (χ1) is 12.2. The molecule has 0 amide bonds. The van der Waals surface area contributed by atoms with Gasteiger partial charge in [0.15, 0.2) is 0 Å². The number of aromatic hydroxyl groups is 1. The number of rotatable bonds is 7. The molecule has 1 heterocycles. The number of fused-ring (bicyclic) bond motifs is 1. The fourth-order valence-electron chi connectivity index (χ4n) is 2.82. The van der Waals surface area contributed by atoms with Crippen LogP contribution in [0.15, 0.2) is 24.3 Å². The van der Waals surface area contributed by atoms with Gasteiger partial charge in [0, 0.05) is 23.5 Å². The van der Waals surface area contributed by atoms with Crippen molar-refractivity contribution in [2.75, 3.05) is 0 Å². The molecule has 1 aromatic carbocycles. The second kappa shape index (κ2) is 9.88.